The number of nitrogens with zero attached hydrogens (tertiary/aromatic N) is 1. The van der Waals surface area contributed by atoms with Crippen molar-refractivity contribution in [3.63, 3.8) is 0 Å². The number of hydrogen-bond donors (Lipinski definition) is 1. The van der Waals surface area contributed by atoms with E-state index in [4.69, 9.17) is 0 Å². The molecule has 0 unspecified atom stereocenters. The Hall–Kier alpha value is -1.70. The molecule has 2 heteroatoms. The van der Waals surface area contributed by atoms with E-state index in [0.717, 1.165) is 30.4 Å². The van der Waals surface area contributed by atoms with Crippen LogP contribution in [0.3, 0.4) is 0 Å². The maximum absolute atomic E-state index is 10.8. The zero-order valence-electron chi connectivity index (χ0n) is 16.4. The average Bonchev–Trinajstić information content (AvgIpc) is 2.83. The molecular weight excluding hydrogens is 294 g/mol. The maximum Gasteiger partial charge on any atom is 0.123 e. The molecule has 0 bridgehead atoms. The van der Waals surface area contributed by atoms with E-state index in [1.807, 2.05) is 0 Å². The Morgan fingerprint density at radius 2 is 1.38 bits per heavy atom. The molecule has 0 aliphatic heterocycles. The van der Waals surface area contributed by atoms with Crippen molar-refractivity contribution in [3.8, 4) is 5.75 Å². The first kappa shape index (κ1) is 18.6. The predicted octanol–water partition coefficient (Wildman–Crippen LogP) is 5.50. The zero-order valence-corrected chi connectivity index (χ0v) is 16.4. The van der Waals surface area contributed by atoms with E-state index in [9.17, 15) is 5.11 Å². The Bertz CT molecular complexity index is 660. The monoisotopic (exact) mass is 327 g/mol. The molecular formula is C22H33NO. The van der Waals surface area contributed by atoms with E-state index in [1.54, 1.807) is 0 Å². The number of hydrogen-bond acceptors (Lipinski definition) is 1. The molecule has 2 rings (SSSR count). The van der Waals surface area contributed by atoms with Gasteiger partial charge in [-0.05, 0) is 58.4 Å². The van der Waals surface area contributed by atoms with Gasteiger partial charge in [-0.15, -0.1) is 0 Å². The molecule has 0 saturated heterocycles. The Balaban J connectivity index is 2.25. The quantitative estimate of drug-likeness (QED) is 0.788. The molecule has 2 aromatic rings. The summed E-state index contributed by atoms with van der Waals surface area (Å²) in [6.07, 6.45) is 7.56. The van der Waals surface area contributed by atoms with Crippen LogP contribution < -0.4 is 0 Å². The molecule has 2 nitrogen and oxygen atoms in total. The number of phenols is 1. The first-order chi connectivity index (χ1) is 11.0. The Morgan fingerprint density at radius 1 is 0.875 bits per heavy atom. The summed E-state index contributed by atoms with van der Waals surface area (Å²) in [5.41, 5.74) is 4.73. The van der Waals surface area contributed by atoms with E-state index in [0.29, 0.717) is 5.75 Å². The predicted molar refractivity (Wildman–Crippen MR) is 103 cm³/mol. The maximum atomic E-state index is 10.8. The first-order valence-corrected chi connectivity index (χ1v) is 8.96. The smallest absolute Gasteiger partial charge is 0.123 e. The summed E-state index contributed by atoms with van der Waals surface area (Å²) in [7, 11) is 2.06. The lowest BCUT2D eigenvalue weighted by molar-refractivity contribution is 0.422. The van der Waals surface area contributed by atoms with Crippen LogP contribution in [-0.4, -0.2) is 9.67 Å². The molecule has 1 heterocycles. The zero-order chi connectivity index (χ0) is 18.1. The third-order valence-electron chi connectivity index (χ3n) is 4.61. The standard InChI is InChI=1S/C22H33NO/c1-21(2,3)18-13-17(14-19(20(18)24)22(4,5)6)10-8-9-16-11-12-23(7)15-16/h11-15,24H,8-10H2,1-7H3. The fourth-order valence-corrected chi connectivity index (χ4v) is 3.19. The van der Waals surface area contributed by atoms with Crippen molar-refractivity contribution in [1.29, 1.82) is 0 Å². The van der Waals surface area contributed by atoms with Crippen LogP contribution in [0.4, 0.5) is 0 Å². The molecule has 0 amide bonds. The summed E-state index contributed by atoms with van der Waals surface area (Å²) < 4.78 is 2.10. The van der Waals surface area contributed by atoms with Gasteiger partial charge in [-0.3, -0.25) is 0 Å². The van der Waals surface area contributed by atoms with Gasteiger partial charge >= 0.3 is 0 Å². The van der Waals surface area contributed by atoms with Gasteiger partial charge in [0.25, 0.3) is 0 Å². The molecule has 24 heavy (non-hydrogen) atoms. The van der Waals surface area contributed by atoms with Crippen molar-refractivity contribution < 1.29 is 5.11 Å². The lowest BCUT2D eigenvalue weighted by Gasteiger charge is -2.28. The highest BCUT2D eigenvalue weighted by Crippen LogP contribution is 2.40. The molecule has 0 spiro atoms. The highest BCUT2D eigenvalue weighted by Gasteiger charge is 2.26. The third kappa shape index (κ3) is 4.43. The van der Waals surface area contributed by atoms with Crippen molar-refractivity contribution in [2.45, 2.75) is 71.6 Å². The minimum absolute atomic E-state index is 0.0560. The van der Waals surface area contributed by atoms with Gasteiger partial charge in [0.05, 0.1) is 0 Å². The summed E-state index contributed by atoms with van der Waals surface area (Å²) in [5.74, 6) is 0.474. The molecule has 1 aromatic heterocycles. The fraction of sp³-hybridized carbons (Fsp3) is 0.545. The minimum Gasteiger partial charge on any atom is -0.507 e. The van der Waals surface area contributed by atoms with Crippen LogP contribution in [0.15, 0.2) is 30.6 Å². The van der Waals surface area contributed by atoms with E-state index in [2.05, 4.69) is 83.7 Å². The summed E-state index contributed by atoms with van der Waals surface area (Å²) in [4.78, 5) is 0. The number of aromatic nitrogens is 1. The van der Waals surface area contributed by atoms with Gasteiger partial charge in [-0.2, -0.15) is 0 Å². The second-order valence-electron chi connectivity index (χ2n) is 9.08. The van der Waals surface area contributed by atoms with E-state index in [1.165, 1.54) is 11.1 Å². The molecule has 0 saturated carbocycles. The summed E-state index contributed by atoms with van der Waals surface area (Å²) in [5, 5.41) is 10.8. The fourth-order valence-electron chi connectivity index (χ4n) is 3.19. The van der Waals surface area contributed by atoms with Crippen molar-refractivity contribution in [3.05, 3.63) is 52.8 Å². The van der Waals surface area contributed by atoms with Gasteiger partial charge in [0, 0.05) is 19.4 Å². The van der Waals surface area contributed by atoms with Gasteiger partial charge < -0.3 is 9.67 Å². The van der Waals surface area contributed by atoms with Gasteiger partial charge in [-0.1, -0.05) is 53.7 Å². The van der Waals surface area contributed by atoms with Gasteiger partial charge in [0.15, 0.2) is 0 Å². The minimum atomic E-state index is -0.0560. The topological polar surface area (TPSA) is 25.2 Å². The van der Waals surface area contributed by atoms with Crippen molar-refractivity contribution in [1.82, 2.24) is 4.57 Å². The lowest BCUT2D eigenvalue weighted by Crippen LogP contribution is -2.18. The SMILES string of the molecule is Cn1ccc(CCCc2cc(C(C)(C)C)c(O)c(C(C)(C)C)c2)c1. The molecule has 0 atom stereocenters. The van der Waals surface area contributed by atoms with Crippen LogP contribution in [0.25, 0.3) is 0 Å². The number of aryl methyl sites for hydroxylation is 3. The first-order valence-electron chi connectivity index (χ1n) is 8.96. The van der Waals surface area contributed by atoms with Gasteiger partial charge in [-0.25, -0.2) is 0 Å². The highest BCUT2D eigenvalue weighted by molar-refractivity contribution is 5.49. The Morgan fingerprint density at radius 3 is 1.79 bits per heavy atom. The second-order valence-corrected chi connectivity index (χ2v) is 9.08. The second kappa shape index (κ2) is 6.66. The Labute approximate surface area is 147 Å². The molecule has 132 valence electrons. The molecule has 0 aliphatic rings. The van der Waals surface area contributed by atoms with Gasteiger partial charge in [0.1, 0.15) is 5.75 Å². The van der Waals surface area contributed by atoms with Crippen LogP contribution in [0.2, 0.25) is 0 Å². The molecule has 1 aromatic carbocycles. The van der Waals surface area contributed by atoms with E-state index < -0.39 is 0 Å². The summed E-state index contributed by atoms with van der Waals surface area (Å²) in [6.45, 7) is 13.0. The van der Waals surface area contributed by atoms with Crippen molar-refractivity contribution >= 4 is 0 Å². The normalized spacial score (nSPS) is 12.6. The summed E-state index contributed by atoms with van der Waals surface area (Å²) in [6, 6.07) is 6.60. The van der Waals surface area contributed by atoms with Gasteiger partial charge in [0.2, 0.25) is 0 Å². The molecule has 0 fully saturated rings. The molecule has 1 N–H and O–H groups in total. The van der Waals surface area contributed by atoms with Crippen LogP contribution in [0.1, 0.15) is 70.2 Å². The molecule has 0 radical (unpaired) electrons. The summed E-state index contributed by atoms with van der Waals surface area (Å²) >= 11 is 0. The number of benzene rings is 1. The van der Waals surface area contributed by atoms with Crippen LogP contribution in [-0.2, 0) is 30.7 Å². The average molecular weight is 328 g/mol. The number of aromatic hydroxyl groups is 1. The third-order valence-corrected chi connectivity index (χ3v) is 4.61. The van der Waals surface area contributed by atoms with Crippen molar-refractivity contribution in [2.24, 2.45) is 7.05 Å². The number of rotatable bonds is 4. The highest BCUT2D eigenvalue weighted by atomic mass is 16.3. The van der Waals surface area contributed by atoms with E-state index >= 15 is 0 Å². The van der Waals surface area contributed by atoms with Crippen LogP contribution >= 0.6 is 0 Å². The molecule has 0 aliphatic carbocycles. The van der Waals surface area contributed by atoms with E-state index in [-0.39, 0.29) is 10.8 Å². The van der Waals surface area contributed by atoms with Crippen molar-refractivity contribution in [2.75, 3.05) is 0 Å². The Kier molecular flexibility index (Phi) is 5.17. The largest absolute Gasteiger partial charge is 0.507 e. The lowest BCUT2D eigenvalue weighted by atomic mass is 9.78. The van der Waals surface area contributed by atoms with Crippen LogP contribution in [0.5, 0.6) is 5.75 Å². The number of phenolic OH excluding ortho intramolecular Hbond substituents is 1. The van der Waals surface area contributed by atoms with Crippen LogP contribution in [0, 0.1) is 0 Å².